The predicted molar refractivity (Wildman–Crippen MR) is 147 cm³/mol. The van der Waals surface area contributed by atoms with Crippen molar-refractivity contribution in [3.8, 4) is 5.75 Å². The van der Waals surface area contributed by atoms with Crippen molar-refractivity contribution in [2.75, 3.05) is 19.0 Å². The molecule has 1 aliphatic carbocycles. The van der Waals surface area contributed by atoms with E-state index in [4.69, 9.17) is 9.72 Å². The van der Waals surface area contributed by atoms with E-state index in [1.807, 2.05) is 13.4 Å². The first-order valence-corrected chi connectivity index (χ1v) is 13.0. The van der Waals surface area contributed by atoms with Gasteiger partial charge in [-0.25, -0.2) is 4.98 Å². The molecule has 0 amide bonds. The molecule has 1 N–H and O–H groups in total. The van der Waals surface area contributed by atoms with Gasteiger partial charge in [0.2, 0.25) is 0 Å². The van der Waals surface area contributed by atoms with E-state index < -0.39 is 5.54 Å². The first kappa shape index (κ1) is 21.9. The van der Waals surface area contributed by atoms with Crippen LogP contribution in [0.3, 0.4) is 0 Å². The largest absolute Gasteiger partial charge is 0.493 e. The van der Waals surface area contributed by atoms with Crippen LogP contribution < -0.4 is 10.1 Å². The van der Waals surface area contributed by atoms with Gasteiger partial charge in [-0.05, 0) is 34.9 Å². The Bertz CT molecular complexity index is 1430. The number of ether oxygens (including phenoxy) is 1. The van der Waals surface area contributed by atoms with E-state index in [-0.39, 0.29) is 0 Å². The minimum absolute atomic E-state index is 0.356. The zero-order valence-corrected chi connectivity index (χ0v) is 20.8. The lowest BCUT2D eigenvalue weighted by atomic mass is 9.77. The second-order valence-corrected chi connectivity index (χ2v) is 10.0. The third kappa shape index (κ3) is 3.40. The molecule has 0 bridgehead atoms. The monoisotopic (exact) mass is 483 g/mol. The molecule has 5 aromatic rings. The van der Waals surface area contributed by atoms with Crippen molar-refractivity contribution < 1.29 is 4.74 Å². The van der Waals surface area contributed by atoms with E-state index in [1.54, 1.807) is 0 Å². The molecule has 1 aromatic heterocycles. The molecule has 37 heavy (non-hydrogen) atoms. The molecule has 0 spiro atoms. The minimum atomic E-state index is -0.539. The Hall–Kier alpha value is -4.31. The summed E-state index contributed by atoms with van der Waals surface area (Å²) in [6.45, 7) is 0.745. The van der Waals surface area contributed by atoms with Gasteiger partial charge in [0.25, 0.3) is 0 Å². The van der Waals surface area contributed by atoms with Crippen molar-refractivity contribution in [2.45, 2.75) is 17.4 Å². The van der Waals surface area contributed by atoms with Crippen LogP contribution >= 0.6 is 0 Å². The smallest absolute Gasteiger partial charge is 0.122 e. The van der Waals surface area contributed by atoms with Gasteiger partial charge in [-0.3, -0.25) is 0 Å². The average Bonchev–Trinajstić information content (AvgIpc) is 3.53. The van der Waals surface area contributed by atoms with E-state index in [0.29, 0.717) is 17.8 Å². The number of benzene rings is 4. The maximum Gasteiger partial charge on any atom is 0.122 e. The SMILES string of the molecule is CNc1ccc2c(c1)[C@@H]1[C@H](CO2)[C@H]1c1cn(C(c2ccccc2)(c2ccccc2)c2ccccc2)cn1. The highest BCUT2D eigenvalue weighted by Crippen LogP contribution is 2.64. The molecule has 2 aliphatic rings. The van der Waals surface area contributed by atoms with E-state index >= 15 is 0 Å². The summed E-state index contributed by atoms with van der Waals surface area (Å²) in [6, 6.07) is 38.7. The van der Waals surface area contributed by atoms with E-state index in [9.17, 15) is 0 Å². The molecule has 1 aliphatic heterocycles. The molecule has 1 saturated carbocycles. The number of fused-ring (bicyclic) bond motifs is 3. The van der Waals surface area contributed by atoms with Gasteiger partial charge in [0.15, 0.2) is 0 Å². The molecule has 7 rings (SSSR count). The molecule has 4 aromatic carbocycles. The number of nitrogens with one attached hydrogen (secondary N) is 1. The summed E-state index contributed by atoms with van der Waals surface area (Å²) in [5, 5.41) is 3.27. The standard InChI is InChI=1S/C33H29N3O/c1-34-26-17-18-30-27(19-26)31-28(21-37-30)32(31)29-20-36(22-35-29)33(23-11-5-2-6-12-23,24-13-7-3-8-14-24)25-15-9-4-10-16-25/h2-20,22,28,31-32,34H,21H2,1H3/t28-,31+,32-/m0/s1. The second-order valence-electron chi connectivity index (χ2n) is 10.0. The lowest BCUT2D eigenvalue weighted by Gasteiger charge is -2.37. The van der Waals surface area contributed by atoms with Gasteiger partial charge in [-0.1, -0.05) is 91.0 Å². The minimum Gasteiger partial charge on any atom is -0.493 e. The average molecular weight is 484 g/mol. The summed E-state index contributed by atoms with van der Waals surface area (Å²) in [6.07, 6.45) is 4.30. The van der Waals surface area contributed by atoms with Gasteiger partial charge >= 0.3 is 0 Å². The summed E-state index contributed by atoms with van der Waals surface area (Å²) in [4.78, 5) is 5.05. The van der Waals surface area contributed by atoms with Crippen LogP contribution in [0.25, 0.3) is 0 Å². The number of hydrogen-bond donors (Lipinski definition) is 1. The molecule has 0 radical (unpaired) electrons. The zero-order chi connectivity index (χ0) is 24.8. The van der Waals surface area contributed by atoms with Crippen molar-refractivity contribution in [1.29, 1.82) is 0 Å². The Morgan fingerprint density at radius 1 is 0.784 bits per heavy atom. The molecular weight excluding hydrogens is 454 g/mol. The van der Waals surface area contributed by atoms with Crippen LogP contribution in [0.1, 0.15) is 39.8 Å². The number of nitrogens with zero attached hydrogens (tertiary/aromatic N) is 2. The maximum atomic E-state index is 6.15. The van der Waals surface area contributed by atoms with Gasteiger partial charge in [-0.15, -0.1) is 0 Å². The lowest BCUT2D eigenvalue weighted by Crippen LogP contribution is -2.36. The van der Waals surface area contributed by atoms with Gasteiger partial charge in [-0.2, -0.15) is 0 Å². The molecule has 4 heteroatoms. The van der Waals surface area contributed by atoms with Crippen molar-refractivity contribution in [3.05, 3.63) is 150 Å². The highest BCUT2D eigenvalue weighted by Gasteiger charge is 2.56. The van der Waals surface area contributed by atoms with Crippen LogP contribution in [0.5, 0.6) is 5.75 Å². The van der Waals surface area contributed by atoms with Crippen LogP contribution in [0.15, 0.2) is 122 Å². The third-order valence-corrected chi connectivity index (χ3v) is 8.16. The van der Waals surface area contributed by atoms with Crippen LogP contribution in [-0.2, 0) is 5.54 Å². The molecule has 4 nitrogen and oxygen atoms in total. The van der Waals surface area contributed by atoms with Gasteiger partial charge < -0.3 is 14.6 Å². The molecule has 2 heterocycles. The summed E-state index contributed by atoms with van der Waals surface area (Å²) in [5.41, 5.74) is 6.63. The topological polar surface area (TPSA) is 39.1 Å². The fourth-order valence-electron chi connectivity index (χ4n) is 6.37. The van der Waals surface area contributed by atoms with Crippen LogP contribution in [0.2, 0.25) is 0 Å². The van der Waals surface area contributed by atoms with E-state index in [0.717, 1.165) is 23.7 Å². The molecular formula is C33H29N3O. The molecule has 0 saturated heterocycles. The normalized spacial score (nSPS) is 19.9. The van der Waals surface area contributed by atoms with Gasteiger partial charge in [0, 0.05) is 42.2 Å². The Morgan fingerprint density at radius 3 is 1.95 bits per heavy atom. The fourth-order valence-corrected chi connectivity index (χ4v) is 6.37. The first-order valence-electron chi connectivity index (χ1n) is 13.0. The Labute approximate surface area is 217 Å². The summed E-state index contributed by atoms with van der Waals surface area (Å²) in [7, 11) is 1.96. The maximum absolute atomic E-state index is 6.15. The highest BCUT2D eigenvalue weighted by atomic mass is 16.5. The quantitative estimate of drug-likeness (QED) is 0.275. The van der Waals surface area contributed by atoms with Crippen molar-refractivity contribution >= 4 is 5.69 Å². The third-order valence-electron chi connectivity index (χ3n) is 8.16. The first-order chi connectivity index (χ1) is 18.3. The molecule has 182 valence electrons. The molecule has 3 atom stereocenters. The highest BCUT2D eigenvalue weighted by molar-refractivity contribution is 5.57. The van der Waals surface area contributed by atoms with E-state index in [1.165, 1.54) is 22.3 Å². The number of anilines is 1. The van der Waals surface area contributed by atoms with Crippen LogP contribution in [0, 0.1) is 5.92 Å². The van der Waals surface area contributed by atoms with Gasteiger partial charge in [0.05, 0.1) is 18.6 Å². The van der Waals surface area contributed by atoms with Crippen molar-refractivity contribution in [3.63, 3.8) is 0 Å². The second kappa shape index (κ2) is 8.67. The van der Waals surface area contributed by atoms with E-state index in [2.05, 4.69) is 125 Å². The Morgan fingerprint density at radius 2 is 1.38 bits per heavy atom. The summed E-state index contributed by atoms with van der Waals surface area (Å²) < 4.78 is 8.47. The number of rotatable bonds is 6. The molecule has 0 unspecified atom stereocenters. The Kier molecular flexibility index (Phi) is 5.14. The fraction of sp³-hybridized carbons (Fsp3) is 0.182. The van der Waals surface area contributed by atoms with Crippen molar-refractivity contribution in [1.82, 2.24) is 9.55 Å². The van der Waals surface area contributed by atoms with Crippen LogP contribution in [-0.4, -0.2) is 23.2 Å². The predicted octanol–water partition coefficient (Wildman–Crippen LogP) is 6.65. The van der Waals surface area contributed by atoms with Gasteiger partial charge in [0.1, 0.15) is 11.3 Å². The van der Waals surface area contributed by atoms with Crippen molar-refractivity contribution in [2.24, 2.45) is 5.92 Å². The number of aromatic nitrogens is 2. The molecule has 1 fully saturated rings. The lowest BCUT2D eigenvalue weighted by molar-refractivity contribution is 0.277. The summed E-state index contributed by atoms with van der Waals surface area (Å²) in [5.74, 6) is 2.27. The Balaban J connectivity index is 1.37. The number of imidazole rings is 1. The summed E-state index contributed by atoms with van der Waals surface area (Å²) >= 11 is 0. The zero-order valence-electron chi connectivity index (χ0n) is 20.8. The van der Waals surface area contributed by atoms with Crippen LogP contribution in [0.4, 0.5) is 5.69 Å². The number of hydrogen-bond acceptors (Lipinski definition) is 3.